The molecule has 0 spiro atoms. The number of carbonyl (C=O) groups excluding carboxylic acids is 3. The Morgan fingerprint density at radius 2 is 2.07 bits per heavy atom. The molecule has 0 amide bonds. The molecule has 7 heteroatoms. The van der Waals surface area contributed by atoms with Crippen LogP contribution in [-0.2, 0) is 28.6 Å². The molecule has 29 heavy (non-hydrogen) atoms. The van der Waals surface area contributed by atoms with Crippen molar-refractivity contribution in [2.45, 2.75) is 58.8 Å². The van der Waals surface area contributed by atoms with E-state index in [4.69, 9.17) is 14.2 Å². The third-order valence-corrected chi connectivity index (χ3v) is 5.14. The maximum atomic E-state index is 12.5. The summed E-state index contributed by atoms with van der Waals surface area (Å²) in [6.45, 7) is 10.1. The molecule has 1 saturated heterocycles. The van der Waals surface area contributed by atoms with Gasteiger partial charge >= 0.3 is 17.9 Å². The van der Waals surface area contributed by atoms with Crippen LogP contribution < -0.4 is 0 Å². The zero-order valence-corrected chi connectivity index (χ0v) is 17.3. The van der Waals surface area contributed by atoms with Crippen molar-refractivity contribution in [3.63, 3.8) is 0 Å². The molecule has 0 saturated carbocycles. The zero-order chi connectivity index (χ0) is 21.7. The highest BCUT2D eigenvalue weighted by Gasteiger charge is 2.48. The van der Waals surface area contributed by atoms with Gasteiger partial charge in [0.05, 0.1) is 5.92 Å². The third kappa shape index (κ3) is 5.44. The van der Waals surface area contributed by atoms with Crippen LogP contribution in [-0.4, -0.2) is 47.9 Å². The Balaban J connectivity index is 2.49. The minimum absolute atomic E-state index is 0.126. The molecule has 1 aliphatic heterocycles. The molecule has 0 aromatic carbocycles. The molecule has 1 fully saturated rings. The Hall–Kier alpha value is -2.67. The first-order chi connectivity index (χ1) is 13.6. The summed E-state index contributed by atoms with van der Waals surface area (Å²) < 4.78 is 16.1. The number of ether oxygens (including phenoxy) is 3. The number of hydrogen-bond donors (Lipinski definition) is 1. The van der Waals surface area contributed by atoms with Crippen LogP contribution in [0.5, 0.6) is 0 Å². The van der Waals surface area contributed by atoms with E-state index in [0.717, 1.165) is 5.57 Å². The lowest BCUT2D eigenvalue weighted by Gasteiger charge is -2.32. The molecule has 0 aromatic rings. The highest BCUT2D eigenvalue weighted by atomic mass is 16.6. The zero-order valence-electron chi connectivity index (χ0n) is 17.3. The van der Waals surface area contributed by atoms with Gasteiger partial charge in [0.2, 0.25) is 0 Å². The van der Waals surface area contributed by atoms with E-state index in [-0.39, 0.29) is 12.2 Å². The summed E-state index contributed by atoms with van der Waals surface area (Å²) in [5, 5.41) is 11.1. The molecule has 4 atom stereocenters. The molecule has 0 bridgehead atoms. The van der Waals surface area contributed by atoms with E-state index in [0.29, 0.717) is 24.0 Å². The predicted molar refractivity (Wildman–Crippen MR) is 106 cm³/mol. The Morgan fingerprint density at radius 1 is 1.38 bits per heavy atom. The van der Waals surface area contributed by atoms with Gasteiger partial charge in [0, 0.05) is 18.1 Å². The Kier molecular flexibility index (Phi) is 7.56. The summed E-state index contributed by atoms with van der Waals surface area (Å²) >= 11 is 0. The normalized spacial score (nSPS) is 31.6. The van der Waals surface area contributed by atoms with Crippen molar-refractivity contribution in [1.82, 2.24) is 0 Å². The lowest BCUT2D eigenvalue weighted by molar-refractivity contribution is -0.154. The fourth-order valence-corrected chi connectivity index (χ4v) is 3.31. The number of fused-ring (bicyclic) bond motifs is 1. The lowest BCUT2D eigenvalue weighted by atomic mass is 9.83. The van der Waals surface area contributed by atoms with Crippen molar-refractivity contribution >= 4 is 17.9 Å². The highest BCUT2D eigenvalue weighted by Crippen LogP contribution is 2.36. The standard InChI is InChI=1S/C22H28O7/c1-6-13(3)21(25)29-20-18-14(4)22(26)28-17(18)10-12(2)8-7-9-16(19(20)24)11-27-15(5)23/h6,9-10,17-20,24H,4,7-8,11H2,1-3,5H3/b12-10+,13-6-,16-9+/t17-,18+,19-,20+/m1/s1. The average Bonchev–Trinajstić information content (AvgIpc) is 2.93. The Labute approximate surface area is 170 Å². The summed E-state index contributed by atoms with van der Waals surface area (Å²) in [6, 6.07) is 0. The molecule has 1 aliphatic carbocycles. The fourth-order valence-electron chi connectivity index (χ4n) is 3.31. The van der Waals surface area contributed by atoms with E-state index in [1.54, 1.807) is 26.0 Å². The summed E-state index contributed by atoms with van der Waals surface area (Å²) in [5.74, 6) is -2.47. The third-order valence-electron chi connectivity index (χ3n) is 5.14. The average molecular weight is 404 g/mol. The summed E-state index contributed by atoms with van der Waals surface area (Å²) in [7, 11) is 0. The summed E-state index contributed by atoms with van der Waals surface area (Å²) in [5.41, 5.74) is 1.87. The van der Waals surface area contributed by atoms with Crippen LogP contribution in [0.2, 0.25) is 0 Å². The summed E-state index contributed by atoms with van der Waals surface area (Å²) in [6.07, 6.45) is 3.29. The SMILES string of the molecule is C=C1C(=O)O[C@@H]2/C=C(\C)CC/C=C(\COC(C)=O)[C@@H](O)[C@@H](OC(=O)/C(C)=C\C)[C@@H]12. The van der Waals surface area contributed by atoms with E-state index in [9.17, 15) is 19.5 Å². The van der Waals surface area contributed by atoms with Crippen LogP contribution in [0.1, 0.15) is 40.5 Å². The molecule has 158 valence electrons. The molecule has 0 unspecified atom stereocenters. The number of esters is 3. The quantitative estimate of drug-likeness (QED) is 0.333. The van der Waals surface area contributed by atoms with Gasteiger partial charge in [-0.1, -0.05) is 24.3 Å². The Morgan fingerprint density at radius 3 is 2.69 bits per heavy atom. The molecular formula is C22H28O7. The van der Waals surface area contributed by atoms with Crippen LogP contribution in [0.15, 0.2) is 47.1 Å². The maximum absolute atomic E-state index is 12.5. The van der Waals surface area contributed by atoms with Gasteiger partial charge in [0.15, 0.2) is 0 Å². The first-order valence-corrected chi connectivity index (χ1v) is 9.57. The molecule has 1 heterocycles. The van der Waals surface area contributed by atoms with Crippen molar-refractivity contribution in [3.05, 3.63) is 47.1 Å². The number of aliphatic hydroxyl groups is 1. The van der Waals surface area contributed by atoms with E-state index in [1.165, 1.54) is 6.92 Å². The van der Waals surface area contributed by atoms with Crippen LogP contribution >= 0.6 is 0 Å². The monoisotopic (exact) mass is 404 g/mol. The van der Waals surface area contributed by atoms with Gasteiger partial charge < -0.3 is 19.3 Å². The van der Waals surface area contributed by atoms with Gasteiger partial charge in [-0.2, -0.15) is 0 Å². The van der Waals surface area contributed by atoms with Crippen LogP contribution in [0.25, 0.3) is 0 Å². The predicted octanol–water partition coefficient (Wildman–Crippen LogP) is 2.55. The minimum atomic E-state index is -1.30. The van der Waals surface area contributed by atoms with Crippen molar-refractivity contribution < 1.29 is 33.7 Å². The lowest BCUT2D eigenvalue weighted by Crippen LogP contribution is -2.43. The van der Waals surface area contributed by atoms with Crippen LogP contribution in [0, 0.1) is 5.92 Å². The molecule has 0 radical (unpaired) electrons. The second-order valence-electron chi connectivity index (χ2n) is 7.32. The highest BCUT2D eigenvalue weighted by molar-refractivity contribution is 5.92. The molecular weight excluding hydrogens is 376 g/mol. The van der Waals surface area contributed by atoms with Crippen molar-refractivity contribution in [1.29, 1.82) is 0 Å². The van der Waals surface area contributed by atoms with Gasteiger partial charge in [-0.05, 0) is 45.3 Å². The fraction of sp³-hybridized carbons (Fsp3) is 0.500. The van der Waals surface area contributed by atoms with Gasteiger partial charge in [-0.3, -0.25) is 4.79 Å². The van der Waals surface area contributed by atoms with Gasteiger partial charge in [-0.25, -0.2) is 9.59 Å². The van der Waals surface area contributed by atoms with Gasteiger partial charge in [0.1, 0.15) is 24.9 Å². The number of allylic oxidation sites excluding steroid dienone is 3. The molecule has 2 rings (SSSR count). The first kappa shape index (κ1) is 22.6. The van der Waals surface area contributed by atoms with Crippen LogP contribution in [0.4, 0.5) is 0 Å². The second-order valence-corrected chi connectivity index (χ2v) is 7.32. The van der Waals surface area contributed by atoms with Gasteiger partial charge in [0.25, 0.3) is 0 Å². The number of aliphatic hydroxyl groups excluding tert-OH is 1. The topological polar surface area (TPSA) is 99.1 Å². The van der Waals surface area contributed by atoms with E-state index in [1.807, 2.05) is 13.0 Å². The molecule has 7 nitrogen and oxygen atoms in total. The van der Waals surface area contributed by atoms with Crippen LogP contribution in [0.3, 0.4) is 0 Å². The van der Waals surface area contributed by atoms with Crippen molar-refractivity contribution in [2.24, 2.45) is 5.92 Å². The first-order valence-electron chi connectivity index (χ1n) is 9.57. The molecule has 0 aromatic heterocycles. The smallest absolute Gasteiger partial charge is 0.334 e. The number of hydrogen-bond acceptors (Lipinski definition) is 7. The van der Waals surface area contributed by atoms with E-state index >= 15 is 0 Å². The largest absolute Gasteiger partial charge is 0.461 e. The molecule has 2 aliphatic rings. The van der Waals surface area contributed by atoms with E-state index < -0.39 is 42.1 Å². The number of carbonyl (C=O) groups is 3. The maximum Gasteiger partial charge on any atom is 0.334 e. The Bertz CT molecular complexity index is 787. The van der Waals surface area contributed by atoms with Crippen molar-refractivity contribution in [2.75, 3.05) is 6.61 Å². The molecule has 1 N–H and O–H groups in total. The summed E-state index contributed by atoms with van der Waals surface area (Å²) in [4.78, 5) is 36.0. The second kappa shape index (κ2) is 9.69. The van der Waals surface area contributed by atoms with Crippen molar-refractivity contribution in [3.8, 4) is 0 Å². The number of rotatable bonds is 4. The van der Waals surface area contributed by atoms with E-state index in [2.05, 4.69) is 6.58 Å². The van der Waals surface area contributed by atoms with Gasteiger partial charge in [-0.15, -0.1) is 0 Å². The minimum Gasteiger partial charge on any atom is -0.461 e.